The SMILES string of the molecule is OCc1ccccc1SC(F)(F)F. The molecule has 0 aliphatic carbocycles. The van der Waals surface area contributed by atoms with Gasteiger partial charge in [0, 0.05) is 4.90 Å². The Balaban J connectivity index is 2.87. The van der Waals surface area contributed by atoms with Crippen LogP contribution in [0.25, 0.3) is 0 Å². The first-order chi connectivity index (χ1) is 6.03. The number of benzene rings is 1. The molecule has 1 rings (SSSR count). The van der Waals surface area contributed by atoms with Crippen LogP contribution in [0.15, 0.2) is 29.2 Å². The molecule has 0 unspecified atom stereocenters. The van der Waals surface area contributed by atoms with Crippen LogP contribution in [-0.2, 0) is 6.61 Å². The molecule has 0 bridgehead atoms. The van der Waals surface area contributed by atoms with Gasteiger partial charge in [-0.25, -0.2) is 0 Å². The molecule has 0 heterocycles. The Hall–Kier alpha value is -0.680. The number of hydrogen-bond acceptors (Lipinski definition) is 2. The number of aliphatic hydroxyl groups is 1. The number of rotatable bonds is 2. The van der Waals surface area contributed by atoms with Crippen LogP contribution in [0.1, 0.15) is 5.56 Å². The van der Waals surface area contributed by atoms with Crippen LogP contribution >= 0.6 is 11.8 Å². The van der Waals surface area contributed by atoms with E-state index in [2.05, 4.69) is 0 Å². The molecule has 5 heteroatoms. The van der Waals surface area contributed by atoms with Crippen LogP contribution in [0.4, 0.5) is 13.2 Å². The fraction of sp³-hybridized carbons (Fsp3) is 0.250. The first-order valence-corrected chi connectivity index (χ1v) is 4.29. The van der Waals surface area contributed by atoms with Crippen LogP contribution < -0.4 is 0 Å². The average Bonchev–Trinajstić information content (AvgIpc) is 2.02. The maximum Gasteiger partial charge on any atom is 0.446 e. The molecular weight excluding hydrogens is 201 g/mol. The van der Waals surface area contributed by atoms with E-state index in [9.17, 15) is 13.2 Å². The van der Waals surface area contributed by atoms with Gasteiger partial charge in [0.15, 0.2) is 0 Å². The molecule has 1 aromatic carbocycles. The molecule has 0 saturated heterocycles. The van der Waals surface area contributed by atoms with Gasteiger partial charge in [0.2, 0.25) is 0 Å². The molecule has 1 nitrogen and oxygen atoms in total. The maximum absolute atomic E-state index is 11.9. The van der Waals surface area contributed by atoms with Crippen molar-refractivity contribution >= 4 is 11.8 Å². The van der Waals surface area contributed by atoms with Crippen LogP contribution in [0.5, 0.6) is 0 Å². The van der Waals surface area contributed by atoms with E-state index in [0.29, 0.717) is 5.56 Å². The van der Waals surface area contributed by atoms with Gasteiger partial charge in [0.05, 0.1) is 6.61 Å². The third-order valence-electron chi connectivity index (χ3n) is 1.37. The topological polar surface area (TPSA) is 20.2 Å². The minimum atomic E-state index is -4.30. The van der Waals surface area contributed by atoms with Gasteiger partial charge in [-0.05, 0) is 23.4 Å². The molecule has 0 fully saturated rings. The predicted molar refractivity (Wildman–Crippen MR) is 44.3 cm³/mol. The van der Waals surface area contributed by atoms with Crippen LogP contribution in [0.3, 0.4) is 0 Å². The molecule has 0 amide bonds. The maximum atomic E-state index is 11.9. The molecule has 72 valence electrons. The second-order valence-corrected chi connectivity index (χ2v) is 3.42. The van der Waals surface area contributed by atoms with Crippen molar-refractivity contribution < 1.29 is 18.3 Å². The van der Waals surface area contributed by atoms with Gasteiger partial charge in [-0.15, -0.1) is 0 Å². The van der Waals surface area contributed by atoms with E-state index in [-0.39, 0.29) is 23.3 Å². The largest absolute Gasteiger partial charge is 0.446 e. The first-order valence-electron chi connectivity index (χ1n) is 3.47. The summed E-state index contributed by atoms with van der Waals surface area (Å²) >= 11 is -0.208. The van der Waals surface area contributed by atoms with Crippen molar-refractivity contribution in [2.75, 3.05) is 0 Å². The zero-order chi connectivity index (χ0) is 9.90. The van der Waals surface area contributed by atoms with Crippen LogP contribution in [0, 0.1) is 0 Å². The molecule has 1 N–H and O–H groups in total. The minimum absolute atomic E-state index is 0.0532. The van der Waals surface area contributed by atoms with Crippen LogP contribution in [0.2, 0.25) is 0 Å². The third kappa shape index (κ3) is 3.28. The van der Waals surface area contributed by atoms with E-state index >= 15 is 0 Å². The summed E-state index contributed by atoms with van der Waals surface area (Å²) in [6.45, 7) is -0.376. The Morgan fingerprint density at radius 3 is 2.38 bits per heavy atom. The zero-order valence-corrected chi connectivity index (χ0v) is 7.32. The molecule has 0 aromatic heterocycles. The number of alkyl halides is 3. The average molecular weight is 208 g/mol. The highest BCUT2D eigenvalue weighted by Crippen LogP contribution is 2.38. The van der Waals surface area contributed by atoms with Crippen molar-refractivity contribution in [1.29, 1.82) is 0 Å². The summed E-state index contributed by atoms with van der Waals surface area (Å²) in [6.07, 6.45) is 0. The molecule has 0 spiro atoms. The molecule has 0 radical (unpaired) electrons. The molecule has 0 saturated carbocycles. The van der Waals surface area contributed by atoms with Gasteiger partial charge in [-0.1, -0.05) is 18.2 Å². The Kier molecular flexibility index (Phi) is 3.22. The standard InChI is InChI=1S/C8H7F3OS/c9-8(10,11)13-7-4-2-1-3-6(7)5-12/h1-4,12H,5H2. The molecule has 13 heavy (non-hydrogen) atoms. The van der Waals surface area contributed by atoms with E-state index in [0.717, 1.165) is 0 Å². The van der Waals surface area contributed by atoms with E-state index in [1.54, 1.807) is 6.07 Å². The van der Waals surface area contributed by atoms with Gasteiger partial charge in [-0.3, -0.25) is 0 Å². The summed E-state index contributed by atoms with van der Waals surface area (Å²) in [5, 5.41) is 8.73. The molecule has 1 aromatic rings. The Labute approximate surface area is 77.6 Å². The number of hydrogen-bond donors (Lipinski definition) is 1. The first kappa shape index (κ1) is 10.4. The summed E-state index contributed by atoms with van der Waals surface area (Å²) in [6, 6.07) is 5.90. The Bertz CT molecular complexity index is 285. The summed E-state index contributed by atoms with van der Waals surface area (Å²) in [5.41, 5.74) is -4.00. The van der Waals surface area contributed by atoms with Gasteiger partial charge < -0.3 is 5.11 Å². The lowest BCUT2D eigenvalue weighted by atomic mass is 10.2. The summed E-state index contributed by atoms with van der Waals surface area (Å²) in [7, 11) is 0. The van der Waals surface area contributed by atoms with Gasteiger partial charge in [0.25, 0.3) is 0 Å². The lowest BCUT2D eigenvalue weighted by Crippen LogP contribution is -2.00. The highest BCUT2D eigenvalue weighted by molar-refractivity contribution is 8.00. The number of thioether (sulfide) groups is 1. The summed E-state index contributed by atoms with van der Waals surface area (Å²) < 4.78 is 35.8. The Morgan fingerprint density at radius 1 is 1.23 bits per heavy atom. The smallest absolute Gasteiger partial charge is 0.392 e. The Morgan fingerprint density at radius 2 is 1.85 bits per heavy atom. The normalized spacial score (nSPS) is 11.7. The van der Waals surface area contributed by atoms with Crippen LogP contribution in [-0.4, -0.2) is 10.6 Å². The molecular formula is C8H7F3OS. The highest BCUT2D eigenvalue weighted by atomic mass is 32.2. The van der Waals surface area contributed by atoms with E-state index in [4.69, 9.17) is 5.11 Å². The zero-order valence-electron chi connectivity index (χ0n) is 6.51. The van der Waals surface area contributed by atoms with Gasteiger partial charge in [-0.2, -0.15) is 13.2 Å². The van der Waals surface area contributed by atoms with Gasteiger partial charge >= 0.3 is 5.51 Å². The second-order valence-electron chi connectivity index (χ2n) is 2.31. The van der Waals surface area contributed by atoms with Crippen molar-refractivity contribution in [3.63, 3.8) is 0 Å². The lowest BCUT2D eigenvalue weighted by molar-refractivity contribution is -0.0328. The third-order valence-corrected chi connectivity index (χ3v) is 2.22. The van der Waals surface area contributed by atoms with E-state index in [1.165, 1.54) is 18.2 Å². The van der Waals surface area contributed by atoms with E-state index in [1.807, 2.05) is 0 Å². The number of halogens is 3. The molecule has 0 aliphatic heterocycles. The molecule has 0 aliphatic rings. The number of aliphatic hydroxyl groups excluding tert-OH is 1. The fourth-order valence-electron chi connectivity index (χ4n) is 0.859. The van der Waals surface area contributed by atoms with Crippen molar-refractivity contribution in [2.45, 2.75) is 17.0 Å². The summed E-state index contributed by atoms with van der Waals surface area (Å²) in [5.74, 6) is 0. The fourth-order valence-corrected chi connectivity index (χ4v) is 1.52. The highest BCUT2D eigenvalue weighted by Gasteiger charge is 2.29. The molecule has 0 atom stereocenters. The predicted octanol–water partition coefficient (Wildman–Crippen LogP) is 2.79. The van der Waals surface area contributed by atoms with Crippen molar-refractivity contribution in [3.8, 4) is 0 Å². The lowest BCUT2D eigenvalue weighted by Gasteiger charge is -2.08. The quantitative estimate of drug-likeness (QED) is 0.754. The summed E-state index contributed by atoms with van der Waals surface area (Å²) in [4.78, 5) is 0.0532. The van der Waals surface area contributed by atoms with Crippen molar-refractivity contribution in [1.82, 2.24) is 0 Å². The van der Waals surface area contributed by atoms with Gasteiger partial charge in [0.1, 0.15) is 0 Å². The van der Waals surface area contributed by atoms with Crippen molar-refractivity contribution in [2.24, 2.45) is 0 Å². The minimum Gasteiger partial charge on any atom is -0.392 e. The van der Waals surface area contributed by atoms with Crippen molar-refractivity contribution in [3.05, 3.63) is 29.8 Å². The van der Waals surface area contributed by atoms with E-state index < -0.39 is 5.51 Å². The second kappa shape index (κ2) is 4.02. The monoisotopic (exact) mass is 208 g/mol.